The summed E-state index contributed by atoms with van der Waals surface area (Å²) < 4.78 is 5.54. The van der Waals surface area contributed by atoms with Crippen LogP contribution >= 0.6 is 0 Å². The molecule has 3 heterocycles. The number of nitrogens with zero attached hydrogens (tertiary/aromatic N) is 4. The van der Waals surface area contributed by atoms with Gasteiger partial charge in [-0.15, -0.1) is 0 Å². The van der Waals surface area contributed by atoms with Crippen molar-refractivity contribution in [3.63, 3.8) is 0 Å². The molecule has 2 aromatic rings. The van der Waals surface area contributed by atoms with E-state index < -0.39 is 5.60 Å². The van der Waals surface area contributed by atoms with Crippen LogP contribution in [0.3, 0.4) is 0 Å². The molecule has 0 aliphatic carbocycles. The van der Waals surface area contributed by atoms with Gasteiger partial charge in [-0.25, -0.2) is 14.8 Å². The van der Waals surface area contributed by atoms with Gasteiger partial charge < -0.3 is 4.74 Å². The fourth-order valence-corrected chi connectivity index (χ4v) is 3.16. The van der Waals surface area contributed by atoms with Crippen molar-refractivity contribution >= 4 is 6.09 Å². The second-order valence-corrected chi connectivity index (χ2v) is 8.07. The third kappa shape index (κ3) is 5.10. The van der Waals surface area contributed by atoms with Gasteiger partial charge >= 0.3 is 6.09 Å². The van der Waals surface area contributed by atoms with E-state index in [1.54, 1.807) is 11.1 Å². The minimum atomic E-state index is -0.540. The van der Waals surface area contributed by atoms with E-state index in [1.807, 2.05) is 33.8 Å². The van der Waals surface area contributed by atoms with Crippen LogP contribution in [0.5, 0.6) is 0 Å². The first-order valence-electron chi connectivity index (χ1n) is 9.98. The summed E-state index contributed by atoms with van der Waals surface area (Å²) in [6.45, 7) is 10.6. The van der Waals surface area contributed by atoms with Gasteiger partial charge in [-0.1, -0.05) is 25.2 Å². The zero-order valence-corrected chi connectivity index (χ0v) is 17.8. The second-order valence-electron chi connectivity index (χ2n) is 8.07. The molecular weight excluding hydrogens is 366 g/mol. The lowest BCUT2D eigenvalue weighted by Gasteiger charge is -2.24. The summed E-state index contributed by atoms with van der Waals surface area (Å²) in [5, 5.41) is 7.05. The Morgan fingerprint density at radius 3 is 2.72 bits per heavy atom. The maximum Gasteiger partial charge on any atom is 0.410 e. The number of fused-ring (bicyclic) bond motifs is 1. The zero-order valence-electron chi connectivity index (χ0n) is 17.8. The van der Waals surface area contributed by atoms with Crippen molar-refractivity contribution < 1.29 is 9.53 Å². The van der Waals surface area contributed by atoms with Gasteiger partial charge in [0.15, 0.2) is 0 Å². The van der Waals surface area contributed by atoms with Gasteiger partial charge in [-0.3, -0.25) is 10.00 Å². The van der Waals surface area contributed by atoms with Crippen molar-refractivity contribution in [1.29, 1.82) is 0 Å². The second kappa shape index (κ2) is 8.59. The third-order valence-electron chi connectivity index (χ3n) is 4.54. The fraction of sp³-hybridized carbons (Fsp3) is 0.455. The highest BCUT2D eigenvalue weighted by Crippen LogP contribution is 2.31. The lowest BCUT2D eigenvalue weighted by Crippen LogP contribution is -2.33. The SMILES string of the molecule is C/C=C(\C=C/CC)Cc1nc2c(c(-c3ccn[nH]3)n1)CN(C(=O)OC(C)(C)C)C2. The van der Waals surface area contributed by atoms with Crippen molar-refractivity contribution in [1.82, 2.24) is 25.1 Å². The number of rotatable bonds is 5. The molecule has 0 aromatic carbocycles. The van der Waals surface area contributed by atoms with Gasteiger partial charge in [0.25, 0.3) is 0 Å². The van der Waals surface area contributed by atoms with E-state index in [0.717, 1.165) is 40.5 Å². The molecule has 1 aliphatic heterocycles. The lowest BCUT2D eigenvalue weighted by molar-refractivity contribution is 0.0241. The molecule has 29 heavy (non-hydrogen) atoms. The average molecular weight is 396 g/mol. The van der Waals surface area contributed by atoms with E-state index in [-0.39, 0.29) is 6.09 Å². The predicted octanol–water partition coefficient (Wildman–Crippen LogP) is 4.57. The number of hydrogen-bond donors (Lipinski definition) is 1. The summed E-state index contributed by atoms with van der Waals surface area (Å²) in [7, 11) is 0. The summed E-state index contributed by atoms with van der Waals surface area (Å²) in [4.78, 5) is 23.8. The Morgan fingerprint density at radius 2 is 2.10 bits per heavy atom. The Bertz CT molecular complexity index is 923. The Kier molecular flexibility index (Phi) is 6.15. The van der Waals surface area contributed by atoms with Crippen molar-refractivity contribution in [2.45, 2.75) is 66.2 Å². The lowest BCUT2D eigenvalue weighted by atomic mass is 10.1. The van der Waals surface area contributed by atoms with E-state index in [2.05, 4.69) is 35.3 Å². The number of carbonyl (C=O) groups is 1. The van der Waals surface area contributed by atoms with Crippen LogP contribution < -0.4 is 0 Å². The quantitative estimate of drug-likeness (QED) is 0.750. The fourth-order valence-electron chi connectivity index (χ4n) is 3.16. The van der Waals surface area contributed by atoms with Crippen molar-refractivity contribution in [2.75, 3.05) is 0 Å². The van der Waals surface area contributed by atoms with Gasteiger partial charge in [0.05, 0.1) is 30.2 Å². The first-order chi connectivity index (χ1) is 13.8. The van der Waals surface area contributed by atoms with Crippen LogP contribution in [0.1, 0.15) is 58.1 Å². The molecular formula is C22H29N5O2. The van der Waals surface area contributed by atoms with Crippen molar-refractivity contribution in [3.8, 4) is 11.4 Å². The average Bonchev–Trinajstić information content (AvgIpc) is 3.32. The number of aromatic nitrogens is 4. The Labute approximate surface area is 171 Å². The molecule has 2 aromatic heterocycles. The van der Waals surface area contributed by atoms with Crippen LogP contribution in [-0.2, 0) is 24.2 Å². The molecule has 7 heteroatoms. The van der Waals surface area contributed by atoms with Crippen molar-refractivity contribution in [2.24, 2.45) is 0 Å². The van der Waals surface area contributed by atoms with Crippen LogP contribution in [-0.4, -0.2) is 36.8 Å². The Morgan fingerprint density at radius 1 is 1.31 bits per heavy atom. The molecule has 3 rings (SSSR count). The number of allylic oxidation sites excluding steroid dienone is 4. The molecule has 1 aliphatic rings. The minimum absolute atomic E-state index is 0.340. The van der Waals surface area contributed by atoms with Gasteiger partial charge in [0.1, 0.15) is 11.4 Å². The van der Waals surface area contributed by atoms with Crippen LogP contribution in [0.4, 0.5) is 4.79 Å². The Balaban J connectivity index is 1.93. The molecule has 0 saturated heterocycles. The molecule has 1 N–H and O–H groups in total. The largest absolute Gasteiger partial charge is 0.444 e. The van der Waals surface area contributed by atoms with E-state index in [4.69, 9.17) is 14.7 Å². The first-order valence-corrected chi connectivity index (χ1v) is 9.98. The van der Waals surface area contributed by atoms with E-state index >= 15 is 0 Å². The number of hydrogen-bond acceptors (Lipinski definition) is 5. The van der Waals surface area contributed by atoms with E-state index in [9.17, 15) is 4.79 Å². The number of H-pyrrole nitrogens is 1. The smallest absolute Gasteiger partial charge is 0.410 e. The summed E-state index contributed by atoms with van der Waals surface area (Å²) in [5.74, 6) is 0.730. The molecule has 0 unspecified atom stereocenters. The molecule has 0 radical (unpaired) electrons. The predicted molar refractivity (Wildman–Crippen MR) is 112 cm³/mol. The van der Waals surface area contributed by atoms with Crippen molar-refractivity contribution in [3.05, 3.63) is 53.1 Å². The normalized spacial score (nSPS) is 14.5. The molecule has 1 amide bonds. The number of nitrogens with one attached hydrogen (secondary N) is 1. The summed E-state index contributed by atoms with van der Waals surface area (Å²) in [5.41, 5.74) is 4.03. The summed E-state index contributed by atoms with van der Waals surface area (Å²) in [6.07, 6.45) is 9.28. The summed E-state index contributed by atoms with van der Waals surface area (Å²) >= 11 is 0. The standard InChI is InChI=1S/C22H29N5O2/c1-6-8-9-15(7-2)12-19-24-18-14-27(21(28)29-22(3,4)5)13-16(18)20(25-19)17-10-11-23-26-17/h7-11H,6,12-14H2,1-5H3,(H,23,26)/b9-8-,15-7+. The Hall–Kier alpha value is -2.96. The first kappa shape index (κ1) is 20.8. The molecule has 0 saturated carbocycles. The maximum absolute atomic E-state index is 12.6. The molecule has 0 bridgehead atoms. The highest BCUT2D eigenvalue weighted by molar-refractivity contribution is 5.71. The molecule has 7 nitrogen and oxygen atoms in total. The topological polar surface area (TPSA) is 84.0 Å². The summed E-state index contributed by atoms with van der Waals surface area (Å²) in [6, 6.07) is 1.89. The van der Waals surface area contributed by atoms with Gasteiger partial charge in [-0.05, 0) is 45.8 Å². The third-order valence-corrected chi connectivity index (χ3v) is 4.54. The maximum atomic E-state index is 12.6. The number of carbonyl (C=O) groups excluding carboxylic acids is 1. The number of amides is 1. The highest BCUT2D eigenvalue weighted by atomic mass is 16.6. The van der Waals surface area contributed by atoms with Crippen LogP contribution in [0.15, 0.2) is 36.1 Å². The molecule has 0 fully saturated rings. The molecule has 0 atom stereocenters. The van der Waals surface area contributed by atoms with Gasteiger partial charge in [0.2, 0.25) is 0 Å². The highest BCUT2D eigenvalue weighted by Gasteiger charge is 2.32. The molecule has 154 valence electrons. The number of ether oxygens (including phenoxy) is 1. The van der Waals surface area contributed by atoms with Crippen LogP contribution in [0, 0.1) is 0 Å². The van der Waals surface area contributed by atoms with E-state index in [1.165, 1.54) is 0 Å². The van der Waals surface area contributed by atoms with Crippen LogP contribution in [0.25, 0.3) is 11.4 Å². The monoisotopic (exact) mass is 395 g/mol. The molecule has 0 spiro atoms. The number of aromatic amines is 1. The van der Waals surface area contributed by atoms with Crippen LogP contribution in [0.2, 0.25) is 0 Å². The van der Waals surface area contributed by atoms with Gasteiger partial charge in [-0.2, -0.15) is 5.10 Å². The van der Waals surface area contributed by atoms with E-state index in [0.29, 0.717) is 19.5 Å². The zero-order chi connectivity index (χ0) is 21.0. The van der Waals surface area contributed by atoms with Gasteiger partial charge in [0, 0.05) is 18.2 Å². The minimum Gasteiger partial charge on any atom is -0.444 e.